The number of hydrogen-bond donors (Lipinski definition) is 2. The van der Waals surface area contributed by atoms with E-state index >= 15 is 0 Å². The number of rotatable bonds is 11. The average Bonchev–Trinajstić information content (AvgIpc) is 2.75. The van der Waals surface area contributed by atoms with Gasteiger partial charge in [0, 0.05) is 46.1 Å². The Morgan fingerprint density at radius 1 is 1.03 bits per heavy atom. The van der Waals surface area contributed by atoms with Gasteiger partial charge in [-0.15, -0.1) is 24.0 Å². The lowest BCUT2D eigenvalue weighted by Crippen LogP contribution is -2.37. The topological polar surface area (TPSA) is 58.1 Å². The first-order chi connectivity index (χ1) is 14.1. The van der Waals surface area contributed by atoms with Gasteiger partial charge in [0.15, 0.2) is 5.96 Å². The van der Waals surface area contributed by atoms with E-state index in [0.717, 1.165) is 37.9 Å². The summed E-state index contributed by atoms with van der Waals surface area (Å²) in [6.45, 7) is 5.63. The summed E-state index contributed by atoms with van der Waals surface area (Å²) in [6, 6.07) is 16.5. The maximum atomic E-state index is 5.41. The van der Waals surface area contributed by atoms with Crippen molar-refractivity contribution in [1.82, 2.24) is 10.6 Å². The quantitative estimate of drug-likeness (QED) is 0.200. The molecule has 0 saturated carbocycles. The minimum atomic E-state index is 0. The van der Waals surface area contributed by atoms with Crippen molar-refractivity contribution in [2.75, 3.05) is 45.9 Å². The SMILES string of the molecule is CCOCCCNC(=NCc1cccc(N(C)C)c1)NCc1ccc(OC)cc1.I. The number of ether oxygens (including phenoxy) is 2. The van der Waals surface area contributed by atoms with E-state index in [1.54, 1.807) is 7.11 Å². The number of guanidine groups is 1. The van der Waals surface area contributed by atoms with Crippen molar-refractivity contribution in [2.24, 2.45) is 4.99 Å². The Hall–Kier alpha value is -2.00. The Kier molecular flexibility index (Phi) is 12.9. The van der Waals surface area contributed by atoms with Gasteiger partial charge < -0.3 is 25.0 Å². The van der Waals surface area contributed by atoms with Crippen LogP contribution in [0.5, 0.6) is 5.75 Å². The number of nitrogens with one attached hydrogen (secondary N) is 2. The second kappa shape index (κ2) is 14.9. The molecule has 0 radical (unpaired) electrons. The molecule has 0 bridgehead atoms. The first kappa shape index (κ1) is 26.0. The smallest absolute Gasteiger partial charge is 0.191 e. The Labute approximate surface area is 198 Å². The summed E-state index contributed by atoms with van der Waals surface area (Å²) in [5.41, 5.74) is 3.52. The van der Waals surface area contributed by atoms with Crippen molar-refractivity contribution in [3.05, 3.63) is 59.7 Å². The second-order valence-electron chi connectivity index (χ2n) is 6.91. The molecule has 0 atom stereocenters. The number of halogens is 1. The second-order valence-corrected chi connectivity index (χ2v) is 6.91. The third kappa shape index (κ3) is 9.67. The normalized spacial score (nSPS) is 10.9. The first-order valence-corrected chi connectivity index (χ1v) is 10.1. The van der Waals surface area contributed by atoms with Crippen molar-refractivity contribution >= 4 is 35.6 Å². The number of benzene rings is 2. The van der Waals surface area contributed by atoms with Crippen LogP contribution in [0.3, 0.4) is 0 Å². The van der Waals surface area contributed by atoms with Crippen LogP contribution in [0.15, 0.2) is 53.5 Å². The molecule has 0 heterocycles. The van der Waals surface area contributed by atoms with Gasteiger partial charge in [-0.05, 0) is 48.7 Å². The maximum Gasteiger partial charge on any atom is 0.191 e. The standard InChI is InChI=1S/C23H34N4O2.HI/c1-5-29-15-7-14-24-23(25-17-19-10-12-22(28-4)13-11-19)26-18-20-8-6-9-21(16-20)27(2)3;/h6,8-13,16H,5,7,14-15,17-18H2,1-4H3,(H2,24,25,26);1H. The summed E-state index contributed by atoms with van der Waals surface area (Å²) in [4.78, 5) is 6.87. The van der Waals surface area contributed by atoms with Gasteiger partial charge in [-0.2, -0.15) is 0 Å². The van der Waals surface area contributed by atoms with Crippen molar-refractivity contribution in [3.8, 4) is 5.75 Å². The molecule has 0 unspecified atom stereocenters. The molecule has 0 aromatic heterocycles. The molecule has 166 valence electrons. The molecular weight excluding hydrogens is 491 g/mol. The van der Waals surface area contributed by atoms with Gasteiger partial charge in [-0.1, -0.05) is 24.3 Å². The van der Waals surface area contributed by atoms with Gasteiger partial charge in [0.1, 0.15) is 5.75 Å². The van der Waals surface area contributed by atoms with E-state index in [4.69, 9.17) is 14.5 Å². The first-order valence-electron chi connectivity index (χ1n) is 10.1. The fraction of sp³-hybridized carbons (Fsp3) is 0.435. The van der Waals surface area contributed by atoms with Crippen molar-refractivity contribution in [2.45, 2.75) is 26.4 Å². The van der Waals surface area contributed by atoms with E-state index in [9.17, 15) is 0 Å². The summed E-state index contributed by atoms with van der Waals surface area (Å²) < 4.78 is 10.6. The molecule has 0 aliphatic rings. The average molecular weight is 526 g/mol. The Morgan fingerprint density at radius 3 is 2.47 bits per heavy atom. The highest BCUT2D eigenvalue weighted by Gasteiger charge is 2.02. The predicted octanol–water partition coefficient (Wildman–Crippen LogP) is 4.04. The third-order valence-electron chi connectivity index (χ3n) is 4.43. The van der Waals surface area contributed by atoms with Crippen LogP contribution in [0.2, 0.25) is 0 Å². The van der Waals surface area contributed by atoms with E-state index in [2.05, 4.69) is 51.9 Å². The van der Waals surface area contributed by atoms with Crippen LogP contribution >= 0.6 is 24.0 Å². The van der Waals surface area contributed by atoms with Crippen LogP contribution in [0.4, 0.5) is 5.69 Å². The highest BCUT2D eigenvalue weighted by molar-refractivity contribution is 14.0. The van der Waals surface area contributed by atoms with E-state index in [-0.39, 0.29) is 24.0 Å². The lowest BCUT2D eigenvalue weighted by Gasteiger charge is -2.15. The lowest BCUT2D eigenvalue weighted by molar-refractivity contribution is 0.145. The molecule has 0 amide bonds. The summed E-state index contributed by atoms with van der Waals surface area (Å²) in [5, 5.41) is 6.82. The van der Waals surface area contributed by atoms with Crippen molar-refractivity contribution < 1.29 is 9.47 Å². The molecule has 0 spiro atoms. The van der Waals surface area contributed by atoms with Gasteiger partial charge in [0.25, 0.3) is 0 Å². The monoisotopic (exact) mass is 526 g/mol. The zero-order chi connectivity index (χ0) is 20.9. The Balaban J connectivity index is 0.00000450. The van der Waals surface area contributed by atoms with E-state index in [1.807, 2.05) is 33.2 Å². The van der Waals surface area contributed by atoms with E-state index < -0.39 is 0 Å². The molecule has 0 aliphatic heterocycles. The van der Waals surface area contributed by atoms with E-state index in [1.165, 1.54) is 16.8 Å². The number of methoxy groups -OCH3 is 1. The summed E-state index contributed by atoms with van der Waals surface area (Å²) >= 11 is 0. The molecule has 2 rings (SSSR count). The van der Waals surface area contributed by atoms with Gasteiger partial charge >= 0.3 is 0 Å². The Bertz CT molecular complexity index is 751. The summed E-state index contributed by atoms with van der Waals surface area (Å²) in [6.07, 6.45) is 0.938. The van der Waals surface area contributed by atoms with Crippen molar-refractivity contribution in [3.63, 3.8) is 0 Å². The van der Waals surface area contributed by atoms with E-state index in [0.29, 0.717) is 13.1 Å². The molecule has 0 fully saturated rings. The third-order valence-corrected chi connectivity index (χ3v) is 4.43. The predicted molar refractivity (Wildman–Crippen MR) is 136 cm³/mol. The van der Waals surface area contributed by atoms with Crippen LogP contribution in [-0.2, 0) is 17.8 Å². The minimum Gasteiger partial charge on any atom is -0.497 e. The van der Waals surface area contributed by atoms with Crippen LogP contribution in [-0.4, -0.2) is 46.9 Å². The largest absolute Gasteiger partial charge is 0.497 e. The molecule has 2 aromatic carbocycles. The highest BCUT2D eigenvalue weighted by Crippen LogP contribution is 2.14. The fourth-order valence-electron chi connectivity index (χ4n) is 2.73. The van der Waals surface area contributed by atoms with Gasteiger partial charge in [0.2, 0.25) is 0 Å². The van der Waals surface area contributed by atoms with Crippen LogP contribution in [0.1, 0.15) is 24.5 Å². The van der Waals surface area contributed by atoms with Gasteiger partial charge in [-0.3, -0.25) is 0 Å². The van der Waals surface area contributed by atoms with Gasteiger partial charge in [0.05, 0.1) is 13.7 Å². The molecule has 6 nitrogen and oxygen atoms in total. The summed E-state index contributed by atoms with van der Waals surface area (Å²) in [5.74, 6) is 1.66. The highest BCUT2D eigenvalue weighted by atomic mass is 127. The van der Waals surface area contributed by atoms with Crippen LogP contribution in [0, 0.1) is 0 Å². The zero-order valence-corrected chi connectivity index (χ0v) is 20.8. The summed E-state index contributed by atoms with van der Waals surface area (Å²) in [7, 11) is 5.77. The maximum absolute atomic E-state index is 5.41. The molecule has 30 heavy (non-hydrogen) atoms. The molecule has 0 aliphatic carbocycles. The molecule has 2 N–H and O–H groups in total. The van der Waals surface area contributed by atoms with Crippen LogP contribution < -0.4 is 20.3 Å². The minimum absolute atomic E-state index is 0. The fourth-order valence-corrected chi connectivity index (χ4v) is 2.73. The molecular formula is C23H35IN4O2. The number of hydrogen-bond acceptors (Lipinski definition) is 4. The number of nitrogens with zero attached hydrogens (tertiary/aromatic N) is 2. The molecule has 7 heteroatoms. The van der Waals surface area contributed by atoms with Gasteiger partial charge in [-0.25, -0.2) is 4.99 Å². The number of anilines is 1. The van der Waals surface area contributed by atoms with Crippen molar-refractivity contribution in [1.29, 1.82) is 0 Å². The zero-order valence-electron chi connectivity index (χ0n) is 18.5. The van der Waals surface area contributed by atoms with Crippen LogP contribution in [0.25, 0.3) is 0 Å². The lowest BCUT2D eigenvalue weighted by atomic mass is 10.2. The molecule has 2 aromatic rings. The number of aliphatic imine (C=N–C) groups is 1. The molecule has 0 saturated heterocycles. The Morgan fingerprint density at radius 2 is 1.80 bits per heavy atom.